The van der Waals surface area contributed by atoms with Crippen LogP contribution in [0.5, 0.6) is 0 Å². The molecule has 0 radical (unpaired) electrons. The van der Waals surface area contributed by atoms with Gasteiger partial charge >= 0.3 is 6.18 Å². The highest BCUT2D eigenvalue weighted by Crippen LogP contribution is 2.38. The smallest absolute Gasteiger partial charge is 0.339 e. The number of hydrogen-bond acceptors (Lipinski definition) is 3. The molecule has 37 heavy (non-hydrogen) atoms. The number of benzene rings is 2. The van der Waals surface area contributed by atoms with Gasteiger partial charge in [-0.05, 0) is 42.3 Å². The van der Waals surface area contributed by atoms with E-state index in [0.717, 1.165) is 23.1 Å². The van der Waals surface area contributed by atoms with Crippen molar-refractivity contribution in [2.45, 2.75) is 38.5 Å². The summed E-state index contributed by atoms with van der Waals surface area (Å²) in [6, 6.07) is 8.22. The molecule has 0 bridgehead atoms. The number of likely N-dealkylation sites (tertiary alicyclic amines) is 1. The minimum absolute atomic E-state index is 0.101. The molecule has 10 heteroatoms. The van der Waals surface area contributed by atoms with Gasteiger partial charge < -0.3 is 9.80 Å². The van der Waals surface area contributed by atoms with Gasteiger partial charge in [0.05, 0.1) is 17.8 Å². The van der Waals surface area contributed by atoms with Crippen LogP contribution in [0.4, 0.5) is 23.2 Å². The Balaban J connectivity index is 1.72. The molecule has 0 N–H and O–H groups in total. The van der Waals surface area contributed by atoms with Gasteiger partial charge in [0.1, 0.15) is 17.9 Å². The Morgan fingerprint density at radius 2 is 1.81 bits per heavy atom. The number of carbonyl (C=O) groups is 3. The van der Waals surface area contributed by atoms with Crippen molar-refractivity contribution in [1.82, 2.24) is 9.80 Å². The third-order valence-electron chi connectivity index (χ3n) is 6.83. The molecule has 2 aliphatic rings. The zero-order chi connectivity index (χ0) is 27.1. The van der Waals surface area contributed by atoms with Gasteiger partial charge in [0, 0.05) is 24.6 Å². The molecule has 3 amide bonds. The zero-order valence-corrected chi connectivity index (χ0v) is 20.3. The second-order valence-corrected chi connectivity index (χ2v) is 9.57. The molecule has 194 valence electrons. The molecule has 0 aliphatic carbocycles. The average molecular weight is 516 g/mol. The quantitative estimate of drug-likeness (QED) is 0.460. The van der Waals surface area contributed by atoms with Crippen LogP contribution in [0.1, 0.15) is 37.0 Å². The van der Waals surface area contributed by atoms with E-state index in [1.54, 1.807) is 13.8 Å². The largest absolute Gasteiger partial charge is 0.416 e. The molecule has 2 aromatic carbocycles. The Bertz CT molecular complexity index is 1280. The lowest BCUT2D eigenvalue weighted by molar-refractivity contribution is -0.152. The van der Waals surface area contributed by atoms with Crippen molar-refractivity contribution in [2.75, 3.05) is 24.5 Å². The van der Waals surface area contributed by atoms with Crippen LogP contribution in [0.15, 0.2) is 42.5 Å². The summed E-state index contributed by atoms with van der Waals surface area (Å²) in [6.45, 7) is 2.93. The van der Waals surface area contributed by atoms with Crippen molar-refractivity contribution in [3.05, 3.63) is 65.0 Å². The molecule has 2 fully saturated rings. The second-order valence-electron chi connectivity index (χ2n) is 9.57. The highest BCUT2D eigenvalue weighted by atomic mass is 19.4. The van der Waals surface area contributed by atoms with E-state index in [0.29, 0.717) is 5.56 Å². The van der Waals surface area contributed by atoms with E-state index in [1.165, 1.54) is 34.1 Å². The standard InChI is InChI=1S/C27H25F4N3O3/c1-4-18-7-10-22(21(28)13-18)33-15-23(35)34(14-19-5-8-20(9-6-19)27(29,30)31)26(25(33)37)11-12-32(16-26)24(36)17(2)3/h1,5-10,13,17H,11-12,14-16H2,2-3H3/t26-/m1/s1. The molecule has 0 aromatic heterocycles. The number of piperazine rings is 1. The maximum Gasteiger partial charge on any atom is 0.416 e. The predicted octanol–water partition coefficient (Wildman–Crippen LogP) is 3.83. The van der Waals surface area contributed by atoms with Gasteiger partial charge in [-0.25, -0.2) is 4.39 Å². The lowest BCUT2D eigenvalue weighted by Crippen LogP contribution is -2.69. The number of rotatable bonds is 4. The Labute approximate surface area is 211 Å². The summed E-state index contributed by atoms with van der Waals surface area (Å²) < 4.78 is 53.9. The average Bonchev–Trinajstić information content (AvgIpc) is 3.29. The fraction of sp³-hybridized carbons (Fsp3) is 0.370. The Kier molecular flexibility index (Phi) is 6.76. The first-order chi connectivity index (χ1) is 17.4. The van der Waals surface area contributed by atoms with Gasteiger partial charge in [-0.2, -0.15) is 13.2 Å². The molecule has 0 unspecified atom stereocenters. The van der Waals surface area contributed by atoms with Crippen LogP contribution in [-0.2, 0) is 27.1 Å². The lowest BCUT2D eigenvalue weighted by Gasteiger charge is -2.47. The van der Waals surface area contributed by atoms with Crippen LogP contribution in [0.2, 0.25) is 0 Å². The van der Waals surface area contributed by atoms with Crippen molar-refractivity contribution < 1.29 is 31.9 Å². The zero-order valence-electron chi connectivity index (χ0n) is 20.3. The molecule has 4 rings (SSSR count). The van der Waals surface area contributed by atoms with Crippen molar-refractivity contribution in [2.24, 2.45) is 5.92 Å². The van der Waals surface area contributed by atoms with Crippen LogP contribution in [0.3, 0.4) is 0 Å². The second kappa shape index (κ2) is 9.54. The fourth-order valence-electron chi connectivity index (χ4n) is 4.87. The number of terminal acetylenes is 1. The summed E-state index contributed by atoms with van der Waals surface area (Å²) in [6.07, 6.45) is 0.920. The van der Waals surface area contributed by atoms with E-state index in [2.05, 4.69) is 5.92 Å². The molecule has 2 aromatic rings. The Hall–Kier alpha value is -3.87. The van der Waals surface area contributed by atoms with Crippen LogP contribution < -0.4 is 4.90 Å². The summed E-state index contributed by atoms with van der Waals surface area (Å²) >= 11 is 0. The summed E-state index contributed by atoms with van der Waals surface area (Å²) in [5.74, 6) is -0.0872. The van der Waals surface area contributed by atoms with Crippen LogP contribution >= 0.6 is 0 Å². The van der Waals surface area contributed by atoms with Gasteiger partial charge in [-0.15, -0.1) is 6.42 Å². The van der Waals surface area contributed by atoms with Crippen molar-refractivity contribution in [1.29, 1.82) is 0 Å². The van der Waals surface area contributed by atoms with Gasteiger partial charge in [-0.1, -0.05) is 31.9 Å². The van der Waals surface area contributed by atoms with Crippen LogP contribution in [-0.4, -0.2) is 52.7 Å². The normalized spacial score (nSPS) is 20.2. The first-order valence-corrected chi connectivity index (χ1v) is 11.7. The van der Waals surface area contributed by atoms with Crippen molar-refractivity contribution in [3.63, 3.8) is 0 Å². The summed E-state index contributed by atoms with van der Waals surface area (Å²) in [5.41, 5.74) is -1.79. The Morgan fingerprint density at radius 3 is 2.38 bits per heavy atom. The van der Waals surface area contributed by atoms with Crippen LogP contribution in [0.25, 0.3) is 0 Å². The van der Waals surface area contributed by atoms with Gasteiger partial charge in [0.2, 0.25) is 11.8 Å². The molecule has 0 saturated carbocycles. The van der Waals surface area contributed by atoms with Gasteiger partial charge in [-0.3, -0.25) is 19.3 Å². The number of carbonyl (C=O) groups excluding carboxylic acids is 3. The number of halogens is 4. The summed E-state index contributed by atoms with van der Waals surface area (Å²) in [5, 5.41) is 0. The van der Waals surface area contributed by atoms with Crippen LogP contribution in [0, 0.1) is 24.1 Å². The maximum atomic E-state index is 14.9. The van der Waals surface area contributed by atoms with E-state index in [-0.39, 0.29) is 49.1 Å². The molecule has 2 heterocycles. The fourth-order valence-corrected chi connectivity index (χ4v) is 4.87. The summed E-state index contributed by atoms with van der Waals surface area (Å²) in [4.78, 5) is 44.0. The van der Waals surface area contributed by atoms with Gasteiger partial charge in [0.25, 0.3) is 5.91 Å². The highest BCUT2D eigenvalue weighted by Gasteiger charge is 2.57. The topological polar surface area (TPSA) is 60.9 Å². The van der Waals surface area contributed by atoms with E-state index in [4.69, 9.17) is 6.42 Å². The molecule has 2 aliphatic heterocycles. The third kappa shape index (κ3) is 4.78. The highest BCUT2D eigenvalue weighted by molar-refractivity contribution is 6.10. The molecule has 2 saturated heterocycles. The predicted molar refractivity (Wildman–Crippen MR) is 127 cm³/mol. The Morgan fingerprint density at radius 1 is 1.14 bits per heavy atom. The number of amides is 3. The lowest BCUT2D eigenvalue weighted by atomic mass is 9.89. The van der Waals surface area contributed by atoms with Crippen molar-refractivity contribution in [3.8, 4) is 12.3 Å². The number of nitrogens with zero attached hydrogens (tertiary/aromatic N) is 3. The van der Waals surface area contributed by atoms with Crippen molar-refractivity contribution >= 4 is 23.4 Å². The maximum absolute atomic E-state index is 14.9. The number of hydrogen-bond donors (Lipinski definition) is 0. The molecule has 1 spiro atoms. The first kappa shape index (κ1) is 26.2. The van der Waals surface area contributed by atoms with E-state index < -0.39 is 41.5 Å². The monoisotopic (exact) mass is 515 g/mol. The minimum Gasteiger partial charge on any atom is -0.339 e. The molecule has 6 nitrogen and oxygen atoms in total. The third-order valence-corrected chi connectivity index (χ3v) is 6.83. The molecular weight excluding hydrogens is 490 g/mol. The minimum atomic E-state index is -4.51. The van der Waals surface area contributed by atoms with E-state index in [9.17, 15) is 31.9 Å². The molecule has 1 atom stereocenters. The first-order valence-electron chi connectivity index (χ1n) is 11.7. The number of anilines is 1. The van der Waals surface area contributed by atoms with Gasteiger partial charge in [0.15, 0.2) is 0 Å². The molecular formula is C27H25F4N3O3. The SMILES string of the molecule is C#Cc1ccc(N2CC(=O)N(Cc3ccc(C(F)(F)F)cc3)[C@@]3(CCN(C(=O)C(C)C)C3)C2=O)c(F)c1. The van der Waals surface area contributed by atoms with E-state index in [1.807, 2.05) is 0 Å². The summed E-state index contributed by atoms with van der Waals surface area (Å²) in [7, 11) is 0. The number of alkyl halides is 3. The van der Waals surface area contributed by atoms with E-state index >= 15 is 0 Å².